The summed E-state index contributed by atoms with van der Waals surface area (Å²) in [5, 5.41) is 0. The van der Waals surface area contributed by atoms with E-state index in [-0.39, 0.29) is 0 Å². The van der Waals surface area contributed by atoms with Crippen molar-refractivity contribution in [2.45, 2.75) is 64.8 Å². The van der Waals surface area contributed by atoms with Crippen LogP contribution in [-0.4, -0.2) is 23.4 Å². The number of unbranched alkanes of at least 4 members (excludes halogenated alkanes) is 3. The molecule has 0 spiro atoms. The van der Waals surface area contributed by atoms with Crippen LogP contribution in [0.2, 0.25) is 0 Å². The maximum absolute atomic E-state index is 11.9. The molecule has 1 radical (unpaired) electrons. The Balaban J connectivity index is 2.20. The molecule has 15 heavy (non-hydrogen) atoms. The van der Waals surface area contributed by atoms with E-state index < -0.39 is 0 Å². The third-order valence-corrected chi connectivity index (χ3v) is 3.21. The molecule has 0 aromatic carbocycles. The number of carbonyl (C=O) groups is 1. The monoisotopic (exact) mass is 210 g/mol. The van der Waals surface area contributed by atoms with E-state index in [1.54, 1.807) is 0 Å². The quantitative estimate of drug-likeness (QED) is 0.638. The highest BCUT2D eigenvalue weighted by atomic mass is 16.2. The predicted octanol–water partition coefficient (Wildman–Crippen LogP) is 3.17. The fourth-order valence-corrected chi connectivity index (χ4v) is 2.21. The van der Waals surface area contributed by atoms with Crippen LogP contribution in [0.5, 0.6) is 0 Å². The number of amides is 1. The van der Waals surface area contributed by atoms with E-state index in [0.29, 0.717) is 11.9 Å². The van der Waals surface area contributed by atoms with Crippen LogP contribution in [0.3, 0.4) is 0 Å². The van der Waals surface area contributed by atoms with E-state index in [4.69, 9.17) is 0 Å². The number of likely N-dealkylation sites (tertiary alicyclic amines) is 1. The topological polar surface area (TPSA) is 20.3 Å². The van der Waals surface area contributed by atoms with Crippen molar-refractivity contribution in [1.82, 2.24) is 4.90 Å². The van der Waals surface area contributed by atoms with Crippen molar-refractivity contribution in [2.75, 3.05) is 6.54 Å². The van der Waals surface area contributed by atoms with Crippen molar-refractivity contribution in [1.29, 1.82) is 0 Å². The molecule has 0 aromatic rings. The summed E-state index contributed by atoms with van der Waals surface area (Å²) in [5.41, 5.74) is 0. The van der Waals surface area contributed by atoms with Crippen molar-refractivity contribution in [2.24, 2.45) is 0 Å². The highest BCUT2D eigenvalue weighted by molar-refractivity contribution is 5.76. The Morgan fingerprint density at radius 1 is 1.47 bits per heavy atom. The molecule has 1 rings (SSSR count). The van der Waals surface area contributed by atoms with Crippen LogP contribution in [0, 0.1) is 6.42 Å². The molecular formula is C13H24NO. The number of hydrogen-bond donors (Lipinski definition) is 0. The second-order valence-electron chi connectivity index (χ2n) is 4.52. The van der Waals surface area contributed by atoms with Crippen LogP contribution < -0.4 is 0 Å². The first-order valence-corrected chi connectivity index (χ1v) is 6.36. The minimum Gasteiger partial charge on any atom is -0.340 e. The minimum absolute atomic E-state index is 0.367. The Hall–Kier alpha value is -0.530. The molecule has 0 saturated carbocycles. The lowest BCUT2D eigenvalue weighted by molar-refractivity contribution is -0.134. The summed E-state index contributed by atoms with van der Waals surface area (Å²) < 4.78 is 0. The largest absolute Gasteiger partial charge is 0.340 e. The van der Waals surface area contributed by atoms with Gasteiger partial charge in [0.25, 0.3) is 0 Å². The van der Waals surface area contributed by atoms with Crippen molar-refractivity contribution < 1.29 is 4.79 Å². The third-order valence-electron chi connectivity index (χ3n) is 3.21. The van der Waals surface area contributed by atoms with Crippen LogP contribution >= 0.6 is 0 Å². The summed E-state index contributed by atoms with van der Waals surface area (Å²) >= 11 is 0. The number of piperidine rings is 1. The van der Waals surface area contributed by atoms with Gasteiger partial charge >= 0.3 is 0 Å². The summed E-state index contributed by atoms with van der Waals surface area (Å²) in [6.45, 7) is 5.31. The van der Waals surface area contributed by atoms with Gasteiger partial charge in [0.15, 0.2) is 0 Å². The third kappa shape index (κ3) is 4.23. The van der Waals surface area contributed by atoms with E-state index in [0.717, 1.165) is 32.2 Å². The average molecular weight is 210 g/mol. The van der Waals surface area contributed by atoms with Gasteiger partial charge < -0.3 is 4.90 Å². The van der Waals surface area contributed by atoms with Crippen molar-refractivity contribution >= 4 is 5.91 Å². The first-order valence-electron chi connectivity index (χ1n) is 6.36. The van der Waals surface area contributed by atoms with Crippen molar-refractivity contribution in [3.8, 4) is 0 Å². The van der Waals surface area contributed by atoms with Crippen molar-refractivity contribution in [3.63, 3.8) is 0 Å². The number of nitrogens with zero attached hydrogens (tertiary/aromatic N) is 1. The standard InChI is InChI=1S/C13H24NO/c1-3-4-5-6-10-13(15)14-11-8-7-9-12(14)2/h4,12H,3,5-11H2,1-2H3. The Kier molecular flexibility index (Phi) is 5.74. The normalized spacial score (nSPS) is 21.7. The second-order valence-corrected chi connectivity index (χ2v) is 4.52. The molecule has 1 aliphatic heterocycles. The summed E-state index contributed by atoms with van der Waals surface area (Å²) in [7, 11) is 0. The Bertz CT molecular complexity index is 191. The molecular weight excluding hydrogens is 186 g/mol. The van der Waals surface area contributed by atoms with Gasteiger partial charge in [0, 0.05) is 19.0 Å². The van der Waals surface area contributed by atoms with Crippen LogP contribution in [-0.2, 0) is 4.79 Å². The van der Waals surface area contributed by atoms with Gasteiger partial charge in [-0.3, -0.25) is 4.79 Å². The van der Waals surface area contributed by atoms with Crippen LogP contribution in [0.15, 0.2) is 0 Å². The van der Waals surface area contributed by atoms with E-state index in [9.17, 15) is 4.79 Å². The predicted molar refractivity (Wildman–Crippen MR) is 63.5 cm³/mol. The van der Waals surface area contributed by atoms with Crippen molar-refractivity contribution in [3.05, 3.63) is 6.42 Å². The Labute approximate surface area is 94.0 Å². The molecule has 1 heterocycles. The molecule has 1 saturated heterocycles. The molecule has 0 aromatic heterocycles. The minimum atomic E-state index is 0.367. The van der Waals surface area contributed by atoms with Gasteiger partial charge in [0.2, 0.25) is 5.91 Å². The molecule has 1 fully saturated rings. The molecule has 87 valence electrons. The number of hydrogen-bond acceptors (Lipinski definition) is 1. The van der Waals surface area contributed by atoms with Crippen LogP contribution in [0.1, 0.15) is 58.8 Å². The van der Waals surface area contributed by atoms with E-state index >= 15 is 0 Å². The fourth-order valence-electron chi connectivity index (χ4n) is 2.21. The molecule has 1 atom stereocenters. The summed E-state index contributed by atoms with van der Waals surface area (Å²) in [4.78, 5) is 14.0. The molecule has 2 nitrogen and oxygen atoms in total. The zero-order valence-electron chi connectivity index (χ0n) is 10.2. The van der Waals surface area contributed by atoms with Gasteiger partial charge in [-0.25, -0.2) is 0 Å². The maximum atomic E-state index is 11.9. The second kappa shape index (κ2) is 6.86. The molecule has 0 aliphatic carbocycles. The van der Waals surface area contributed by atoms with Gasteiger partial charge in [-0.15, -0.1) is 0 Å². The summed E-state index contributed by atoms with van der Waals surface area (Å²) in [6.07, 6.45) is 9.89. The smallest absolute Gasteiger partial charge is 0.222 e. The Morgan fingerprint density at radius 3 is 2.93 bits per heavy atom. The van der Waals surface area contributed by atoms with E-state index in [1.807, 2.05) is 0 Å². The zero-order chi connectivity index (χ0) is 11.1. The Morgan fingerprint density at radius 2 is 2.27 bits per heavy atom. The van der Waals surface area contributed by atoms with Gasteiger partial charge in [-0.1, -0.05) is 13.3 Å². The number of rotatable bonds is 5. The molecule has 1 aliphatic rings. The highest BCUT2D eigenvalue weighted by Crippen LogP contribution is 2.18. The zero-order valence-corrected chi connectivity index (χ0v) is 10.2. The summed E-state index contributed by atoms with van der Waals surface area (Å²) in [5.74, 6) is 0.367. The molecule has 0 N–H and O–H groups in total. The first-order chi connectivity index (χ1) is 7.25. The molecule has 1 unspecified atom stereocenters. The molecule has 0 bridgehead atoms. The van der Waals surface area contributed by atoms with Gasteiger partial charge in [-0.05, 0) is 45.4 Å². The lowest BCUT2D eigenvalue weighted by Crippen LogP contribution is -2.41. The SMILES string of the molecule is CC[CH]CCCC(=O)N1CCCCC1C. The number of carbonyl (C=O) groups excluding carboxylic acids is 1. The van der Waals surface area contributed by atoms with Gasteiger partial charge in [0.05, 0.1) is 0 Å². The molecule has 2 heteroatoms. The highest BCUT2D eigenvalue weighted by Gasteiger charge is 2.22. The maximum Gasteiger partial charge on any atom is 0.222 e. The van der Waals surface area contributed by atoms with Gasteiger partial charge in [0.1, 0.15) is 0 Å². The lowest BCUT2D eigenvalue weighted by Gasteiger charge is -2.33. The first kappa shape index (κ1) is 12.5. The van der Waals surface area contributed by atoms with E-state index in [2.05, 4.69) is 25.2 Å². The molecule has 1 amide bonds. The fraction of sp³-hybridized carbons (Fsp3) is 0.846. The summed E-state index contributed by atoms with van der Waals surface area (Å²) in [6, 6.07) is 0.474. The van der Waals surface area contributed by atoms with Crippen LogP contribution in [0.4, 0.5) is 0 Å². The van der Waals surface area contributed by atoms with Crippen LogP contribution in [0.25, 0.3) is 0 Å². The lowest BCUT2D eigenvalue weighted by atomic mass is 10.0. The average Bonchev–Trinajstić information content (AvgIpc) is 2.25. The van der Waals surface area contributed by atoms with Gasteiger partial charge in [-0.2, -0.15) is 0 Å². The van der Waals surface area contributed by atoms with E-state index in [1.165, 1.54) is 19.3 Å².